The summed E-state index contributed by atoms with van der Waals surface area (Å²) in [5.41, 5.74) is 9.19. The van der Waals surface area contributed by atoms with Crippen LogP contribution in [0.25, 0.3) is 10.4 Å². The predicted octanol–water partition coefficient (Wildman–Crippen LogP) is 2.13. The highest BCUT2D eigenvalue weighted by Crippen LogP contribution is 2.17. The molecule has 6 nitrogen and oxygen atoms in total. The first-order chi connectivity index (χ1) is 8.15. The van der Waals surface area contributed by atoms with Gasteiger partial charge in [-0.05, 0) is 36.6 Å². The molecule has 90 valence electrons. The standard InChI is InChI=1S/C11H14N4O2/c1-8-3-4-9(10(16)7-8)11(17)13-5-2-6-14-15-12/h3-4,7,16H,2,5-6H2,1H3,(H,13,17). The monoisotopic (exact) mass is 234 g/mol. The number of aromatic hydroxyl groups is 1. The predicted molar refractivity (Wildman–Crippen MR) is 63.8 cm³/mol. The molecular weight excluding hydrogens is 220 g/mol. The molecule has 0 aliphatic rings. The molecule has 0 saturated carbocycles. The number of carbonyl (C=O) groups excluding carboxylic acids is 1. The Morgan fingerprint density at radius 1 is 1.59 bits per heavy atom. The molecule has 1 rings (SSSR count). The number of rotatable bonds is 5. The number of nitrogens with zero attached hydrogens (tertiary/aromatic N) is 3. The van der Waals surface area contributed by atoms with E-state index >= 15 is 0 Å². The molecule has 1 aromatic rings. The number of carbonyl (C=O) groups is 1. The first-order valence-electron chi connectivity index (χ1n) is 5.24. The average Bonchev–Trinajstić information content (AvgIpc) is 2.28. The molecule has 0 atom stereocenters. The van der Waals surface area contributed by atoms with E-state index in [4.69, 9.17) is 5.53 Å². The topological polar surface area (TPSA) is 98.1 Å². The van der Waals surface area contributed by atoms with Crippen molar-refractivity contribution in [3.63, 3.8) is 0 Å². The molecular formula is C11H14N4O2. The van der Waals surface area contributed by atoms with Crippen LogP contribution in [0.4, 0.5) is 0 Å². The van der Waals surface area contributed by atoms with E-state index in [0.29, 0.717) is 19.5 Å². The van der Waals surface area contributed by atoms with E-state index in [1.165, 1.54) is 6.07 Å². The lowest BCUT2D eigenvalue weighted by molar-refractivity contribution is 0.0951. The van der Waals surface area contributed by atoms with Crippen LogP contribution >= 0.6 is 0 Å². The van der Waals surface area contributed by atoms with Gasteiger partial charge in [0.15, 0.2) is 0 Å². The van der Waals surface area contributed by atoms with Crippen molar-refractivity contribution in [3.05, 3.63) is 39.8 Å². The SMILES string of the molecule is Cc1ccc(C(=O)NCCCN=[N+]=[N-])c(O)c1. The minimum absolute atomic E-state index is 0.0301. The Hall–Kier alpha value is -2.20. The highest BCUT2D eigenvalue weighted by molar-refractivity contribution is 5.96. The molecule has 0 radical (unpaired) electrons. The van der Waals surface area contributed by atoms with Crippen molar-refractivity contribution in [2.45, 2.75) is 13.3 Å². The van der Waals surface area contributed by atoms with Crippen LogP contribution in [0, 0.1) is 6.92 Å². The van der Waals surface area contributed by atoms with Crippen LogP contribution in [0.15, 0.2) is 23.3 Å². The van der Waals surface area contributed by atoms with Crippen molar-refractivity contribution in [1.82, 2.24) is 5.32 Å². The summed E-state index contributed by atoms with van der Waals surface area (Å²) >= 11 is 0. The van der Waals surface area contributed by atoms with E-state index in [-0.39, 0.29) is 17.2 Å². The number of hydrogen-bond donors (Lipinski definition) is 2. The normalized spacial score (nSPS) is 9.47. The van der Waals surface area contributed by atoms with Crippen molar-refractivity contribution in [2.24, 2.45) is 5.11 Å². The molecule has 0 unspecified atom stereocenters. The van der Waals surface area contributed by atoms with Crippen molar-refractivity contribution in [1.29, 1.82) is 0 Å². The van der Waals surface area contributed by atoms with Crippen LogP contribution in [0.1, 0.15) is 22.3 Å². The Kier molecular flexibility index (Phi) is 4.84. The summed E-state index contributed by atoms with van der Waals surface area (Å²) in [6.07, 6.45) is 0.572. The molecule has 0 aliphatic heterocycles. The van der Waals surface area contributed by atoms with Crippen LogP contribution in [0.3, 0.4) is 0 Å². The van der Waals surface area contributed by atoms with E-state index in [9.17, 15) is 9.90 Å². The minimum Gasteiger partial charge on any atom is -0.507 e. The smallest absolute Gasteiger partial charge is 0.255 e. The second kappa shape index (κ2) is 6.40. The zero-order valence-corrected chi connectivity index (χ0v) is 9.55. The summed E-state index contributed by atoms with van der Waals surface area (Å²) in [7, 11) is 0. The summed E-state index contributed by atoms with van der Waals surface area (Å²) < 4.78 is 0. The maximum atomic E-state index is 11.6. The van der Waals surface area contributed by atoms with Gasteiger partial charge in [0.2, 0.25) is 0 Å². The third kappa shape index (κ3) is 4.04. The number of amides is 1. The Morgan fingerprint density at radius 3 is 3.00 bits per heavy atom. The molecule has 6 heteroatoms. The van der Waals surface area contributed by atoms with Gasteiger partial charge < -0.3 is 10.4 Å². The lowest BCUT2D eigenvalue weighted by Gasteiger charge is -2.06. The summed E-state index contributed by atoms with van der Waals surface area (Å²) in [4.78, 5) is 14.2. The van der Waals surface area contributed by atoms with Crippen molar-refractivity contribution < 1.29 is 9.90 Å². The van der Waals surface area contributed by atoms with Gasteiger partial charge in [-0.15, -0.1) is 0 Å². The van der Waals surface area contributed by atoms with Crippen molar-refractivity contribution in [2.75, 3.05) is 13.1 Å². The zero-order valence-electron chi connectivity index (χ0n) is 9.55. The first kappa shape index (κ1) is 12.9. The van der Waals surface area contributed by atoms with Gasteiger partial charge in [-0.1, -0.05) is 11.2 Å². The number of benzene rings is 1. The maximum Gasteiger partial charge on any atom is 0.255 e. The fourth-order valence-electron chi connectivity index (χ4n) is 1.33. The second-order valence-corrected chi connectivity index (χ2v) is 3.58. The fourth-order valence-corrected chi connectivity index (χ4v) is 1.33. The van der Waals surface area contributed by atoms with Gasteiger partial charge in [-0.3, -0.25) is 4.79 Å². The highest BCUT2D eigenvalue weighted by Gasteiger charge is 2.09. The maximum absolute atomic E-state index is 11.6. The van der Waals surface area contributed by atoms with Crippen LogP contribution in [0.2, 0.25) is 0 Å². The van der Waals surface area contributed by atoms with E-state index < -0.39 is 0 Å². The van der Waals surface area contributed by atoms with E-state index in [1.54, 1.807) is 12.1 Å². The minimum atomic E-state index is -0.330. The van der Waals surface area contributed by atoms with Crippen LogP contribution < -0.4 is 5.32 Å². The van der Waals surface area contributed by atoms with Gasteiger partial charge in [-0.2, -0.15) is 0 Å². The van der Waals surface area contributed by atoms with Crippen LogP contribution in [-0.4, -0.2) is 24.1 Å². The number of hydrogen-bond acceptors (Lipinski definition) is 3. The number of aryl methyl sites for hydroxylation is 1. The molecule has 17 heavy (non-hydrogen) atoms. The quantitative estimate of drug-likeness (QED) is 0.353. The number of phenols is 1. The molecule has 0 heterocycles. The third-order valence-electron chi connectivity index (χ3n) is 2.18. The Balaban J connectivity index is 2.49. The lowest BCUT2D eigenvalue weighted by atomic mass is 10.1. The molecule has 0 bridgehead atoms. The molecule has 0 spiro atoms. The number of azide groups is 1. The fraction of sp³-hybridized carbons (Fsp3) is 0.364. The number of phenolic OH excluding ortho intramolecular Hbond substituents is 1. The molecule has 0 fully saturated rings. The Bertz CT molecular complexity index is 453. The van der Waals surface area contributed by atoms with Gasteiger partial charge in [-0.25, -0.2) is 0 Å². The van der Waals surface area contributed by atoms with E-state index in [2.05, 4.69) is 15.3 Å². The molecule has 0 aromatic heterocycles. The van der Waals surface area contributed by atoms with Crippen LogP contribution in [0.5, 0.6) is 5.75 Å². The largest absolute Gasteiger partial charge is 0.507 e. The number of nitrogens with one attached hydrogen (secondary N) is 1. The van der Waals surface area contributed by atoms with Gasteiger partial charge in [0, 0.05) is 18.0 Å². The molecule has 1 amide bonds. The zero-order chi connectivity index (χ0) is 12.7. The van der Waals surface area contributed by atoms with Crippen molar-refractivity contribution in [3.8, 4) is 5.75 Å². The summed E-state index contributed by atoms with van der Waals surface area (Å²) in [5.74, 6) is -0.360. The average molecular weight is 234 g/mol. The molecule has 0 aliphatic carbocycles. The second-order valence-electron chi connectivity index (χ2n) is 3.58. The van der Waals surface area contributed by atoms with E-state index in [1.807, 2.05) is 6.92 Å². The Morgan fingerprint density at radius 2 is 2.35 bits per heavy atom. The Labute approximate surface area is 98.9 Å². The summed E-state index contributed by atoms with van der Waals surface area (Å²) in [6.45, 7) is 2.59. The molecule has 0 saturated heterocycles. The van der Waals surface area contributed by atoms with Gasteiger partial charge in [0.05, 0.1) is 5.56 Å². The van der Waals surface area contributed by atoms with E-state index in [0.717, 1.165) is 5.56 Å². The van der Waals surface area contributed by atoms with Crippen LogP contribution in [-0.2, 0) is 0 Å². The first-order valence-corrected chi connectivity index (χ1v) is 5.24. The molecule has 2 N–H and O–H groups in total. The van der Waals surface area contributed by atoms with Gasteiger partial charge in [0.1, 0.15) is 5.75 Å². The summed E-state index contributed by atoms with van der Waals surface area (Å²) in [5, 5.41) is 15.6. The summed E-state index contributed by atoms with van der Waals surface area (Å²) in [6, 6.07) is 4.87. The van der Waals surface area contributed by atoms with Crippen molar-refractivity contribution >= 4 is 5.91 Å². The van der Waals surface area contributed by atoms with Gasteiger partial charge in [0.25, 0.3) is 5.91 Å². The lowest BCUT2D eigenvalue weighted by Crippen LogP contribution is -2.24. The third-order valence-corrected chi connectivity index (χ3v) is 2.18. The molecule has 1 aromatic carbocycles. The highest BCUT2D eigenvalue weighted by atomic mass is 16.3. The van der Waals surface area contributed by atoms with Gasteiger partial charge >= 0.3 is 0 Å².